The molecule has 1 aromatic rings. The average molecular weight is 141 g/mol. The van der Waals surface area contributed by atoms with Gasteiger partial charge in [0.1, 0.15) is 18.9 Å². The van der Waals surface area contributed by atoms with E-state index >= 15 is 0 Å². The molecule has 0 aliphatic heterocycles. The highest BCUT2D eigenvalue weighted by atomic mass is 16.3. The number of aliphatic hydroxyl groups excluding tert-OH is 1. The number of nitrogens with zero attached hydrogens (tertiary/aromatic N) is 2. The first-order chi connectivity index (χ1) is 4.68. The van der Waals surface area contributed by atoms with Crippen molar-refractivity contribution >= 4 is 0 Å². The fourth-order valence-corrected chi connectivity index (χ4v) is 0.915. The Morgan fingerprint density at radius 2 is 2.40 bits per heavy atom. The second kappa shape index (κ2) is 2.84. The average Bonchev–Trinajstić information content (AvgIpc) is 2.13. The lowest BCUT2D eigenvalue weighted by Crippen LogP contribution is -2.24. The lowest BCUT2D eigenvalue weighted by Gasteiger charge is -1.97. The van der Waals surface area contributed by atoms with Gasteiger partial charge in [0.2, 0.25) is 6.33 Å². The van der Waals surface area contributed by atoms with Gasteiger partial charge in [-0.15, -0.1) is 0 Å². The van der Waals surface area contributed by atoms with Crippen LogP contribution < -0.4 is 4.57 Å². The van der Waals surface area contributed by atoms with E-state index in [1.165, 1.54) is 0 Å². The minimum atomic E-state index is -0.271. The first kappa shape index (κ1) is 7.28. The van der Waals surface area contributed by atoms with E-state index in [2.05, 4.69) is 0 Å². The van der Waals surface area contributed by atoms with E-state index < -0.39 is 0 Å². The van der Waals surface area contributed by atoms with Crippen molar-refractivity contribution in [2.45, 2.75) is 19.6 Å². The quantitative estimate of drug-likeness (QED) is 0.562. The molecule has 1 N–H and O–H groups in total. The smallest absolute Gasteiger partial charge is 0.243 e. The number of aliphatic hydroxyl groups is 1. The van der Waals surface area contributed by atoms with Gasteiger partial charge in [0.05, 0.1) is 13.2 Å². The summed E-state index contributed by atoms with van der Waals surface area (Å²) < 4.78 is 3.90. The molecule has 0 saturated carbocycles. The lowest BCUT2D eigenvalue weighted by molar-refractivity contribution is -0.671. The highest BCUT2D eigenvalue weighted by Crippen LogP contribution is 1.87. The Morgan fingerprint density at radius 1 is 1.70 bits per heavy atom. The van der Waals surface area contributed by atoms with Gasteiger partial charge in [0.25, 0.3) is 0 Å². The Balaban J connectivity index is 2.58. The molecule has 0 amide bonds. The van der Waals surface area contributed by atoms with Crippen LogP contribution in [0.25, 0.3) is 0 Å². The van der Waals surface area contributed by atoms with E-state index in [1.54, 1.807) is 6.92 Å². The predicted molar refractivity (Wildman–Crippen MR) is 37.3 cm³/mol. The molecule has 3 heteroatoms. The van der Waals surface area contributed by atoms with Gasteiger partial charge in [-0.3, -0.25) is 0 Å². The third kappa shape index (κ3) is 1.84. The minimum absolute atomic E-state index is 0.271. The third-order valence-corrected chi connectivity index (χ3v) is 1.30. The highest BCUT2D eigenvalue weighted by Gasteiger charge is 2.02. The Bertz CT molecular complexity index is 205. The summed E-state index contributed by atoms with van der Waals surface area (Å²) in [7, 11) is 1.96. The first-order valence-electron chi connectivity index (χ1n) is 3.37. The summed E-state index contributed by atoms with van der Waals surface area (Å²) in [4.78, 5) is 0. The zero-order valence-electron chi connectivity index (χ0n) is 6.36. The van der Waals surface area contributed by atoms with Crippen LogP contribution in [-0.4, -0.2) is 15.8 Å². The van der Waals surface area contributed by atoms with Crippen LogP contribution in [0.2, 0.25) is 0 Å². The van der Waals surface area contributed by atoms with Gasteiger partial charge in [-0.25, -0.2) is 9.13 Å². The van der Waals surface area contributed by atoms with Crippen LogP contribution in [0.5, 0.6) is 0 Å². The zero-order chi connectivity index (χ0) is 7.56. The van der Waals surface area contributed by atoms with Crippen LogP contribution in [0.3, 0.4) is 0 Å². The number of rotatable bonds is 2. The number of hydrogen-bond donors (Lipinski definition) is 1. The summed E-state index contributed by atoms with van der Waals surface area (Å²) in [6.07, 6.45) is 5.55. The Hall–Kier alpha value is -0.830. The van der Waals surface area contributed by atoms with Gasteiger partial charge in [0, 0.05) is 0 Å². The topological polar surface area (TPSA) is 29.0 Å². The molecule has 0 spiro atoms. The van der Waals surface area contributed by atoms with Crippen molar-refractivity contribution in [2.24, 2.45) is 7.05 Å². The van der Waals surface area contributed by atoms with Gasteiger partial charge >= 0.3 is 0 Å². The molecule has 0 aliphatic rings. The molecule has 0 aromatic carbocycles. The van der Waals surface area contributed by atoms with E-state index in [9.17, 15) is 0 Å². The molecule has 1 heterocycles. The maximum Gasteiger partial charge on any atom is 0.243 e. The number of imidazole rings is 1. The number of aryl methyl sites for hydroxylation is 1. The molecule has 56 valence electrons. The first-order valence-corrected chi connectivity index (χ1v) is 3.37. The van der Waals surface area contributed by atoms with Crippen LogP contribution in [-0.2, 0) is 13.6 Å². The van der Waals surface area contributed by atoms with Gasteiger partial charge in [-0.1, -0.05) is 0 Å². The summed E-state index contributed by atoms with van der Waals surface area (Å²) >= 11 is 0. The summed E-state index contributed by atoms with van der Waals surface area (Å²) in [5.41, 5.74) is 0. The molecule has 0 unspecified atom stereocenters. The third-order valence-electron chi connectivity index (χ3n) is 1.30. The number of aromatic nitrogens is 2. The summed E-state index contributed by atoms with van der Waals surface area (Å²) in [6, 6.07) is 0. The molecule has 0 fully saturated rings. The molecular weight excluding hydrogens is 128 g/mol. The Morgan fingerprint density at radius 3 is 2.80 bits per heavy atom. The summed E-state index contributed by atoms with van der Waals surface area (Å²) in [6.45, 7) is 2.45. The molecule has 10 heavy (non-hydrogen) atoms. The predicted octanol–water partition coefficient (Wildman–Crippen LogP) is -0.307. The minimum Gasteiger partial charge on any atom is -0.389 e. The summed E-state index contributed by atoms with van der Waals surface area (Å²) in [5, 5.41) is 8.98. The SMILES string of the molecule is C[C@@H](O)Cn1cc[n+](C)c1. The van der Waals surface area contributed by atoms with Crippen molar-refractivity contribution in [3.05, 3.63) is 18.7 Å². The Labute approximate surface area is 60.5 Å². The van der Waals surface area contributed by atoms with Gasteiger partial charge in [0.15, 0.2) is 0 Å². The second-order valence-electron chi connectivity index (χ2n) is 2.62. The fraction of sp³-hybridized carbons (Fsp3) is 0.571. The van der Waals surface area contributed by atoms with Crippen LogP contribution in [0.1, 0.15) is 6.92 Å². The van der Waals surface area contributed by atoms with Gasteiger partial charge < -0.3 is 5.11 Å². The Kier molecular flexibility index (Phi) is 2.06. The lowest BCUT2D eigenvalue weighted by atomic mass is 10.4. The van der Waals surface area contributed by atoms with Crippen molar-refractivity contribution in [3.63, 3.8) is 0 Å². The second-order valence-corrected chi connectivity index (χ2v) is 2.62. The molecular formula is C7H13N2O+. The molecule has 3 nitrogen and oxygen atoms in total. The van der Waals surface area contributed by atoms with E-state index in [0.29, 0.717) is 6.54 Å². The largest absolute Gasteiger partial charge is 0.389 e. The molecule has 1 rings (SSSR count). The molecule has 0 aliphatic carbocycles. The van der Waals surface area contributed by atoms with Crippen molar-refractivity contribution in [3.8, 4) is 0 Å². The standard InChI is InChI=1S/C7H13N2O/c1-7(10)5-9-4-3-8(2)6-9/h3-4,6-7,10H,5H2,1-2H3/q+1/t7-/m1/s1. The monoisotopic (exact) mass is 141 g/mol. The van der Waals surface area contributed by atoms with Crippen LogP contribution in [0.4, 0.5) is 0 Å². The highest BCUT2D eigenvalue weighted by molar-refractivity contribution is 4.66. The maximum absolute atomic E-state index is 8.98. The zero-order valence-corrected chi connectivity index (χ0v) is 6.36. The van der Waals surface area contributed by atoms with E-state index in [4.69, 9.17) is 5.11 Å². The van der Waals surface area contributed by atoms with Crippen molar-refractivity contribution in [2.75, 3.05) is 0 Å². The van der Waals surface area contributed by atoms with Gasteiger partial charge in [-0.2, -0.15) is 0 Å². The maximum atomic E-state index is 8.98. The molecule has 0 radical (unpaired) electrons. The van der Waals surface area contributed by atoms with Crippen LogP contribution in [0.15, 0.2) is 18.7 Å². The van der Waals surface area contributed by atoms with Gasteiger partial charge in [-0.05, 0) is 6.92 Å². The molecule has 1 atom stereocenters. The fourth-order valence-electron chi connectivity index (χ4n) is 0.915. The van der Waals surface area contributed by atoms with Crippen LogP contribution >= 0.6 is 0 Å². The van der Waals surface area contributed by atoms with Crippen molar-refractivity contribution < 1.29 is 9.67 Å². The van der Waals surface area contributed by atoms with Crippen molar-refractivity contribution in [1.29, 1.82) is 0 Å². The van der Waals surface area contributed by atoms with E-state index in [-0.39, 0.29) is 6.10 Å². The normalized spacial score (nSPS) is 13.5. The summed E-state index contributed by atoms with van der Waals surface area (Å²) in [5.74, 6) is 0. The van der Waals surface area contributed by atoms with E-state index in [0.717, 1.165) is 0 Å². The molecule has 0 saturated heterocycles. The van der Waals surface area contributed by atoms with E-state index in [1.807, 2.05) is 34.9 Å². The number of hydrogen-bond acceptors (Lipinski definition) is 1. The van der Waals surface area contributed by atoms with Crippen LogP contribution in [0, 0.1) is 0 Å². The molecule has 1 aromatic heterocycles. The van der Waals surface area contributed by atoms with Crippen molar-refractivity contribution in [1.82, 2.24) is 4.57 Å². The molecule has 0 bridgehead atoms.